The fourth-order valence-electron chi connectivity index (χ4n) is 1.36. The smallest absolute Gasteiger partial charge is 0.186 e. The Labute approximate surface area is 88.1 Å². The first kappa shape index (κ1) is 9.95. The minimum absolute atomic E-state index is 0.208. The third-order valence-corrected chi connectivity index (χ3v) is 2.76. The number of benzene rings is 2. The number of rotatable bonds is 1. The van der Waals surface area contributed by atoms with Crippen molar-refractivity contribution in [1.82, 2.24) is 0 Å². The zero-order valence-electron chi connectivity index (χ0n) is 7.54. The number of aromatic hydroxyl groups is 2. The molecule has 0 radical (unpaired) electrons. The molecule has 0 saturated carbocycles. The van der Waals surface area contributed by atoms with Crippen molar-refractivity contribution in [3.63, 3.8) is 0 Å². The van der Waals surface area contributed by atoms with Crippen LogP contribution < -0.4 is 0 Å². The lowest BCUT2D eigenvalue weighted by Gasteiger charge is -2.02. The van der Waals surface area contributed by atoms with E-state index in [4.69, 9.17) is 4.55 Å². The quantitative estimate of drug-likeness (QED) is 0.510. The highest BCUT2D eigenvalue weighted by Gasteiger charge is 2.05. The van der Waals surface area contributed by atoms with Gasteiger partial charge >= 0.3 is 0 Å². The highest BCUT2D eigenvalue weighted by molar-refractivity contribution is 7.79. The van der Waals surface area contributed by atoms with Crippen molar-refractivity contribution in [2.45, 2.75) is 4.90 Å². The molecule has 3 N–H and O–H groups in total. The fraction of sp³-hybridized carbons (Fsp3) is 0. The highest BCUT2D eigenvalue weighted by Crippen LogP contribution is 2.30. The molecule has 2 aromatic rings. The topological polar surface area (TPSA) is 77.8 Å². The van der Waals surface area contributed by atoms with Crippen LogP contribution in [0.3, 0.4) is 0 Å². The Kier molecular flexibility index (Phi) is 2.34. The first-order valence-corrected chi connectivity index (χ1v) is 5.25. The van der Waals surface area contributed by atoms with E-state index < -0.39 is 11.1 Å². The molecule has 0 aliphatic rings. The molecule has 0 saturated heterocycles. The largest absolute Gasteiger partial charge is 0.504 e. The fourth-order valence-corrected chi connectivity index (χ4v) is 1.77. The molecule has 0 spiro atoms. The Hall–Kier alpha value is -1.59. The second kappa shape index (κ2) is 3.52. The summed E-state index contributed by atoms with van der Waals surface area (Å²) in [6.07, 6.45) is 0. The van der Waals surface area contributed by atoms with E-state index in [1.807, 2.05) is 0 Å². The van der Waals surface area contributed by atoms with Crippen molar-refractivity contribution in [3.05, 3.63) is 30.3 Å². The molecule has 2 aromatic carbocycles. The van der Waals surface area contributed by atoms with Crippen LogP contribution in [0.15, 0.2) is 35.2 Å². The SMILES string of the molecule is O=S(O)c1ccc2cc(O)c(O)cc2c1. The number of phenols is 2. The standard InChI is InChI=1S/C10H8O4S/c11-9-4-6-1-2-8(15(13)14)3-7(6)5-10(9)12/h1-5,11-12H,(H,13,14). The van der Waals surface area contributed by atoms with Crippen LogP contribution in [-0.2, 0) is 11.1 Å². The molecule has 1 unspecified atom stereocenters. The average molecular weight is 224 g/mol. The van der Waals surface area contributed by atoms with E-state index in [1.54, 1.807) is 6.07 Å². The summed E-state index contributed by atoms with van der Waals surface area (Å²) in [6.45, 7) is 0. The summed E-state index contributed by atoms with van der Waals surface area (Å²) in [5.74, 6) is -0.455. The molecule has 4 nitrogen and oxygen atoms in total. The van der Waals surface area contributed by atoms with Gasteiger partial charge in [0, 0.05) is 0 Å². The monoisotopic (exact) mass is 224 g/mol. The molecule has 0 aromatic heterocycles. The lowest BCUT2D eigenvalue weighted by molar-refractivity contribution is 0.405. The van der Waals surface area contributed by atoms with E-state index in [-0.39, 0.29) is 16.4 Å². The van der Waals surface area contributed by atoms with Crippen LogP contribution in [0.1, 0.15) is 0 Å². The van der Waals surface area contributed by atoms with Crippen molar-refractivity contribution in [2.75, 3.05) is 0 Å². The minimum atomic E-state index is -2.04. The van der Waals surface area contributed by atoms with Gasteiger partial charge in [-0.05, 0) is 35.0 Å². The van der Waals surface area contributed by atoms with Gasteiger partial charge in [-0.15, -0.1) is 0 Å². The summed E-state index contributed by atoms with van der Waals surface area (Å²) in [7, 11) is 0. The van der Waals surface area contributed by atoms with Crippen LogP contribution in [0.25, 0.3) is 10.8 Å². The van der Waals surface area contributed by atoms with Gasteiger partial charge in [0.15, 0.2) is 22.6 Å². The van der Waals surface area contributed by atoms with Gasteiger partial charge in [-0.3, -0.25) is 0 Å². The Balaban J connectivity index is 2.72. The number of hydrogen-bond acceptors (Lipinski definition) is 3. The lowest BCUT2D eigenvalue weighted by Crippen LogP contribution is -1.87. The van der Waals surface area contributed by atoms with Gasteiger partial charge < -0.3 is 14.8 Å². The summed E-state index contributed by atoms with van der Waals surface area (Å²) >= 11 is -2.04. The van der Waals surface area contributed by atoms with Crippen molar-refractivity contribution in [3.8, 4) is 11.5 Å². The van der Waals surface area contributed by atoms with Crippen molar-refractivity contribution in [1.29, 1.82) is 0 Å². The molecule has 0 heterocycles. The summed E-state index contributed by atoms with van der Waals surface area (Å²) < 4.78 is 19.7. The summed E-state index contributed by atoms with van der Waals surface area (Å²) in [5.41, 5.74) is 0. The second-order valence-electron chi connectivity index (χ2n) is 3.10. The van der Waals surface area contributed by atoms with E-state index in [0.717, 1.165) is 0 Å². The van der Waals surface area contributed by atoms with Crippen LogP contribution in [-0.4, -0.2) is 19.0 Å². The molecule has 0 aliphatic heterocycles. The normalized spacial score (nSPS) is 12.9. The third kappa shape index (κ3) is 1.79. The maximum absolute atomic E-state index is 10.8. The van der Waals surface area contributed by atoms with Gasteiger partial charge in [0.05, 0.1) is 4.90 Å². The Morgan fingerprint density at radius 2 is 1.53 bits per heavy atom. The van der Waals surface area contributed by atoms with E-state index in [9.17, 15) is 14.4 Å². The molecule has 78 valence electrons. The lowest BCUT2D eigenvalue weighted by atomic mass is 10.1. The Morgan fingerprint density at radius 3 is 2.13 bits per heavy atom. The molecule has 15 heavy (non-hydrogen) atoms. The Bertz CT molecular complexity index is 550. The number of phenolic OH excluding ortho intramolecular Hbond substituents is 2. The maximum atomic E-state index is 10.8. The molecule has 0 bridgehead atoms. The van der Waals surface area contributed by atoms with Crippen LogP contribution in [0.5, 0.6) is 11.5 Å². The number of fused-ring (bicyclic) bond motifs is 1. The molecular formula is C10H8O4S. The van der Waals surface area contributed by atoms with Crippen LogP contribution in [0.4, 0.5) is 0 Å². The second-order valence-corrected chi connectivity index (χ2v) is 4.07. The van der Waals surface area contributed by atoms with E-state index in [1.165, 1.54) is 24.3 Å². The van der Waals surface area contributed by atoms with E-state index in [2.05, 4.69) is 0 Å². The molecule has 0 fully saturated rings. The van der Waals surface area contributed by atoms with Crippen LogP contribution in [0, 0.1) is 0 Å². The van der Waals surface area contributed by atoms with Gasteiger partial charge in [-0.1, -0.05) is 6.07 Å². The zero-order valence-corrected chi connectivity index (χ0v) is 8.36. The van der Waals surface area contributed by atoms with Crippen LogP contribution >= 0.6 is 0 Å². The maximum Gasteiger partial charge on any atom is 0.186 e. The van der Waals surface area contributed by atoms with Gasteiger partial charge in [-0.25, -0.2) is 4.21 Å². The van der Waals surface area contributed by atoms with Gasteiger partial charge in [0.1, 0.15) is 0 Å². The minimum Gasteiger partial charge on any atom is -0.504 e. The van der Waals surface area contributed by atoms with Gasteiger partial charge in [0.25, 0.3) is 0 Å². The van der Waals surface area contributed by atoms with Crippen LogP contribution in [0.2, 0.25) is 0 Å². The molecule has 5 heteroatoms. The molecule has 2 rings (SSSR count). The van der Waals surface area contributed by atoms with Crippen molar-refractivity contribution in [2.24, 2.45) is 0 Å². The first-order chi connectivity index (χ1) is 7.08. The van der Waals surface area contributed by atoms with Crippen molar-refractivity contribution < 1.29 is 19.0 Å². The molecule has 1 atom stereocenters. The third-order valence-electron chi connectivity index (χ3n) is 2.11. The summed E-state index contributed by atoms with van der Waals surface area (Å²) in [6, 6.07) is 7.34. The first-order valence-electron chi connectivity index (χ1n) is 4.14. The zero-order chi connectivity index (χ0) is 11.0. The van der Waals surface area contributed by atoms with E-state index >= 15 is 0 Å². The highest BCUT2D eigenvalue weighted by atomic mass is 32.2. The Morgan fingerprint density at radius 1 is 0.933 bits per heavy atom. The predicted octanol–water partition coefficient (Wildman–Crippen LogP) is 1.83. The summed E-state index contributed by atoms with van der Waals surface area (Å²) in [4.78, 5) is 0.257. The average Bonchev–Trinajstić information content (AvgIpc) is 2.19. The molecular weight excluding hydrogens is 216 g/mol. The van der Waals surface area contributed by atoms with E-state index in [0.29, 0.717) is 10.8 Å². The predicted molar refractivity (Wildman–Crippen MR) is 56.3 cm³/mol. The molecule has 0 amide bonds. The number of hydrogen-bond donors (Lipinski definition) is 3. The van der Waals surface area contributed by atoms with Gasteiger partial charge in [0.2, 0.25) is 0 Å². The molecule has 0 aliphatic carbocycles. The van der Waals surface area contributed by atoms with Gasteiger partial charge in [-0.2, -0.15) is 0 Å². The van der Waals surface area contributed by atoms with Crippen molar-refractivity contribution >= 4 is 21.9 Å². The summed E-state index contributed by atoms with van der Waals surface area (Å²) in [5, 5.41) is 19.8.